The number of anilines is 1. The van der Waals surface area contributed by atoms with Crippen LogP contribution in [0.1, 0.15) is 12.5 Å². The van der Waals surface area contributed by atoms with E-state index in [1.807, 2.05) is 0 Å². The minimum Gasteiger partial charge on any atom is -0.312 e. The molecule has 1 aromatic rings. The van der Waals surface area contributed by atoms with Gasteiger partial charge in [-0.25, -0.2) is 12.7 Å². The number of hydrogen-bond acceptors (Lipinski definition) is 3. The number of sulfonamides is 1. The highest BCUT2D eigenvalue weighted by Crippen LogP contribution is 2.30. The highest BCUT2D eigenvalue weighted by molar-refractivity contribution is 7.89. The molecule has 0 aliphatic carbocycles. The monoisotopic (exact) mass is 268 g/mol. The Balaban J connectivity index is 2.46. The molecule has 1 amide bonds. The molecule has 0 atom stereocenters. The van der Waals surface area contributed by atoms with Crippen molar-refractivity contribution in [1.82, 2.24) is 4.31 Å². The van der Waals surface area contributed by atoms with Gasteiger partial charge in [-0.15, -0.1) is 0 Å². The lowest BCUT2D eigenvalue weighted by Crippen LogP contribution is -2.25. The fourth-order valence-corrected chi connectivity index (χ4v) is 3.03. The summed E-state index contributed by atoms with van der Waals surface area (Å²) >= 11 is 0. The Morgan fingerprint density at radius 3 is 2.56 bits per heavy atom. The number of benzene rings is 1. The Bertz CT molecular complexity index is 593. The van der Waals surface area contributed by atoms with E-state index in [4.69, 9.17) is 0 Å². The summed E-state index contributed by atoms with van der Waals surface area (Å²) < 4.78 is 25.2. The van der Waals surface area contributed by atoms with E-state index in [-0.39, 0.29) is 10.8 Å². The summed E-state index contributed by atoms with van der Waals surface area (Å²) in [4.78, 5) is 13.3. The summed E-state index contributed by atoms with van der Waals surface area (Å²) in [6.07, 6.45) is 0.700. The van der Waals surface area contributed by atoms with E-state index >= 15 is 0 Å². The maximum atomic E-state index is 12.0. The lowest BCUT2D eigenvalue weighted by molar-refractivity contribution is -0.116. The molecule has 0 saturated heterocycles. The van der Waals surface area contributed by atoms with Crippen LogP contribution in [0.3, 0.4) is 0 Å². The molecule has 0 aromatic heterocycles. The molecule has 98 valence electrons. The molecule has 1 aliphatic rings. The molecule has 0 radical (unpaired) electrons. The zero-order valence-corrected chi connectivity index (χ0v) is 11.5. The van der Waals surface area contributed by atoms with Gasteiger partial charge in [0.1, 0.15) is 0 Å². The van der Waals surface area contributed by atoms with Crippen LogP contribution < -0.4 is 4.90 Å². The van der Waals surface area contributed by atoms with Crippen molar-refractivity contribution in [2.45, 2.75) is 18.2 Å². The second kappa shape index (κ2) is 4.37. The third-order valence-electron chi connectivity index (χ3n) is 3.11. The van der Waals surface area contributed by atoms with Gasteiger partial charge in [0.2, 0.25) is 15.9 Å². The number of rotatable bonds is 2. The zero-order valence-electron chi connectivity index (χ0n) is 10.7. The van der Waals surface area contributed by atoms with Gasteiger partial charge in [0.15, 0.2) is 0 Å². The Morgan fingerprint density at radius 2 is 2.00 bits per heavy atom. The predicted octanol–water partition coefficient (Wildman–Crippen LogP) is 0.846. The largest absolute Gasteiger partial charge is 0.312 e. The van der Waals surface area contributed by atoms with Crippen LogP contribution in [-0.2, 0) is 21.2 Å². The Kier molecular flexibility index (Phi) is 3.16. The van der Waals surface area contributed by atoms with Crippen LogP contribution in [0, 0.1) is 0 Å². The molecular formula is C12H16N2O3S. The molecule has 5 nitrogen and oxygen atoms in total. The zero-order chi connectivity index (χ0) is 13.5. The third kappa shape index (κ3) is 2.02. The van der Waals surface area contributed by atoms with E-state index in [1.54, 1.807) is 23.1 Å². The minimum absolute atomic E-state index is 0.0167. The number of amides is 1. The van der Waals surface area contributed by atoms with Crippen molar-refractivity contribution in [1.29, 1.82) is 0 Å². The van der Waals surface area contributed by atoms with Gasteiger partial charge in [-0.05, 0) is 30.2 Å². The number of carbonyl (C=O) groups is 1. The van der Waals surface area contributed by atoms with Crippen molar-refractivity contribution in [3.8, 4) is 0 Å². The van der Waals surface area contributed by atoms with E-state index < -0.39 is 10.0 Å². The van der Waals surface area contributed by atoms with Crippen LogP contribution in [-0.4, -0.2) is 39.3 Å². The first-order valence-corrected chi connectivity index (χ1v) is 7.11. The Morgan fingerprint density at radius 1 is 1.33 bits per heavy atom. The first-order chi connectivity index (χ1) is 8.34. The molecule has 0 spiro atoms. The summed E-state index contributed by atoms with van der Waals surface area (Å²) in [5, 5.41) is 0. The van der Waals surface area contributed by atoms with Gasteiger partial charge in [-0.2, -0.15) is 0 Å². The Labute approximate surface area is 107 Å². The van der Waals surface area contributed by atoms with Gasteiger partial charge in [-0.3, -0.25) is 4.79 Å². The normalized spacial score (nSPS) is 15.0. The van der Waals surface area contributed by atoms with Crippen molar-refractivity contribution >= 4 is 21.6 Å². The molecule has 1 aromatic carbocycles. The fourth-order valence-electron chi connectivity index (χ4n) is 2.08. The average Bonchev–Trinajstić information content (AvgIpc) is 2.71. The molecule has 0 N–H and O–H groups in total. The molecule has 18 heavy (non-hydrogen) atoms. The van der Waals surface area contributed by atoms with Gasteiger partial charge in [0.25, 0.3) is 0 Å². The van der Waals surface area contributed by atoms with E-state index in [0.29, 0.717) is 13.0 Å². The summed E-state index contributed by atoms with van der Waals surface area (Å²) in [7, 11) is -0.398. The molecule has 0 bridgehead atoms. The van der Waals surface area contributed by atoms with Crippen molar-refractivity contribution in [3.63, 3.8) is 0 Å². The molecule has 1 aliphatic heterocycles. The van der Waals surface area contributed by atoms with Crippen molar-refractivity contribution in [2.75, 3.05) is 25.5 Å². The van der Waals surface area contributed by atoms with E-state index in [9.17, 15) is 13.2 Å². The molecule has 1 heterocycles. The maximum absolute atomic E-state index is 12.0. The SMILES string of the molecule is CC(=O)N1CCc2cc(S(=O)(=O)N(C)C)ccc21. The number of hydrogen-bond donors (Lipinski definition) is 0. The van der Waals surface area contributed by atoms with Crippen molar-refractivity contribution in [3.05, 3.63) is 23.8 Å². The quantitative estimate of drug-likeness (QED) is 0.799. The molecule has 6 heteroatoms. The average molecular weight is 268 g/mol. The summed E-state index contributed by atoms with van der Waals surface area (Å²) in [5.41, 5.74) is 1.73. The number of fused-ring (bicyclic) bond motifs is 1. The van der Waals surface area contributed by atoms with E-state index in [2.05, 4.69) is 0 Å². The smallest absolute Gasteiger partial charge is 0.242 e. The topological polar surface area (TPSA) is 57.7 Å². The van der Waals surface area contributed by atoms with E-state index in [1.165, 1.54) is 25.3 Å². The fraction of sp³-hybridized carbons (Fsp3) is 0.417. The number of nitrogens with zero attached hydrogens (tertiary/aromatic N) is 2. The summed E-state index contributed by atoms with van der Waals surface area (Å²) in [6, 6.07) is 4.92. The first-order valence-electron chi connectivity index (χ1n) is 5.67. The molecule has 0 fully saturated rings. The number of carbonyl (C=O) groups excluding carboxylic acids is 1. The summed E-state index contributed by atoms with van der Waals surface area (Å²) in [6.45, 7) is 2.13. The maximum Gasteiger partial charge on any atom is 0.242 e. The van der Waals surface area contributed by atoms with Crippen molar-refractivity contribution in [2.24, 2.45) is 0 Å². The van der Waals surface area contributed by atoms with Gasteiger partial charge >= 0.3 is 0 Å². The first kappa shape index (κ1) is 13.0. The van der Waals surface area contributed by atoms with Crippen LogP contribution in [0.2, 0.25) is 0 Å². The van der Waals surface area contributed by atoms with Crippen LogP contribution >= 0.6 is 0 Å². The van der Waals surface area contributed by atoms with Crippen molar-refractivity contribution < 1.29 is 13.2 Å². The minimum atomic E-state index is -3.41. The molecule has 0 saturated carbocycles. The van der Waals surface area contributed by atoms with Gasteiger partial charge in [0.05, 0.1) is 4.90 Å². The molecule has 0 unspecified atom stereocenters. The van der Waals surface area contributed by atoms with Crippen LogP contribution in [0.5, 0.6) is 0 Å². The third-order valence-corrected chi connectivity index (χ3v) is 4.92. The van der Waals surface area contributed by atoms with Crippen LogP contribution in [0.15, 0.2) is 23.1 Å². The van der Waals surface area contributed by atoms with Gasteiger partial charge < -0.3 is 4.90 Å². The van der Waals surface area contributed by atoms with Gasteiger partial charge in [0, 0.05) is 33.3 Å². The molecular weight excluding hydrogens is 252 g/mol. The van der Waals surface area contributed by atoms with Crippen LogP contribution in [0.25, 0.3) is 0 Å². The Hall–Kier alpha value is -1.40. The van der Waals surface area contributed by atoms with E-state index in [0.717, 1.165) is 11.3 Å². The standard InChI is InChI=1S/C12H16N2O3S/c1-9(15)14-7-6-10-8-11(4-5-12(10)14)18(16,17)13(2)3/h4-5,8H,6-7H2,1-3H3. The highest BCUT2D eigenvalue weighted by atomic mass is 32.2. The second-order valence-electron chi connectivity index (χ2n) is 4.50. The highest BCUT2D eigenvalue weighted by Gasteiger charge is 2.25. The second-order valence-corrected chi connectivity index (χ2v) is 6.65. The van der Waals surface area contributed by atoms with Gasteiger partial charge in [-0.1, -0.05) is 0 Å². The lowest BCUT2D eigenvalue weighted by Gasteiger charge is -2.16. The molecule has 2 rings (SSSR count). The van der Waals surface area contributed by atoms with Crippen LogP contribution in [0.4, 0.5) is 5.69 Å². The lowest BCUT2D eigenvalue weighted by atomic mass is 10.2. The summed E-state index contributed by atoms with van der Waals surface area (Å²) in [5.74, 6) is -0.0167. The predicted molar refractivity (Wildman–Crippen MR) is 69.0 cm³/mol.